The molecule has 2 aliphatic carbocycles. The highest BCUT2D eigenvalue weighted by Gasteiger charge is 2.43. The normalized spacial score (nSPS) is 26.9. The van der Waals surface area contributed by atoms with Crippen LogP contribution in [0, 0.1) is 11.3 Å². The Kier molecular flexibility index (Phi) is 4.74. The van der Waals surface area contributed by atoms with Crippen molar-refractivity contribution in [3.8, 4) is 0 Å². The fourth-order valence-electron chi connectivity index (χ4n) is 4.40. The molecule has 0 radical (unpaired) electrons. The maximum Gasteiger partial charge on any atom is 0.308 e. The molecule has 0 aliphatic heterocycles. The van der Waals surface area contributed by atoms with Gasteiger partial charge in [-0.1, -0.05) is 26.7 Å². The molecule has 0 saturated heterocycles. The van der Waals surface area contributed by atoms with E-state index in [1.807, 2.05) is 13.8 Å². The van der Waals surface area contributed by atoms with Crippen molar-refractivity contribution in [1.82, 2.24) is 10.3 Å². The molecule has 2 atom stereocenters. The van der Waals surface area contributed by atoms with E-state index in [2.05, 4.69) is 10.3 Å². The molecule has 1 amide bonds. The number of hydrogen-bond acceptors (Lipinski definition) is 4. The highest BCUT2D eigenvalue weighted by molar-refractivity contribution is 6.02. The lowest BCUT2D eigenvalue weighted by molar-refractivity contribution is -0.145. The number of aromatic amines is 1. The van der Waals surface area contributed by atoms with Crippen LogP contribution in [0.25, 0.3) is 0 Å². The molecule has 3 N–H and O–H groups in total. The van der Waals surface area contributed by atoms with E-state index >= 15 is 0 Å². The van der Waals surface area contributed by atoms with Crippen LogP contribution in [0.3, 0.4) is 0 Å². The summed E-state index contributed by atoms with van der Waals surface area (Å²) in [5, 5.41) is 12.3. The quantitative estimate of drug-likeness (QED) is 0.750. The van der Waals surface area contributed by atoms with E-state index < -0.39 is 28.9 Å². The highest BCUT2D eigenvalue weighted by Crippen LogP contribution is 2.35. The molecule has 2 unspecified atom stereocenters. The summed E-state index contributed by atoms with van der Waals surface area (Å²) in [7, 11) is 0. The van der Waals surface area contributed by atoms with E-state index in [1.165, 1.54) is 6.07 Å². The molecule has 7 heteroatoms. The summed E-state index contributed by atoms with van der Waals surface area (Å²) in [6.07, 6.45) is 3.54. The van der Waals surface area contributed by atoms with Gasteiger partial charge in [0, 0.05) is 17.7 Å². The summed E-state index contributed by atoms with van der Waals surface area (Å²) in [6.45, 7) is 5.63. The number of aromatic nitrogens is 1. The van der Waals surface area contributed by atoms with Gasteiger partial charge in [0.25, 0.3) is 11.5 Å². The van der Waals surface area contributed by atoms with Crippen molar-refractivity contribution in [3.63, 3.8) is 0 Å². The summed E-state index contributed by atoms with van der Waals surface area (Å²) in [5.41, 5.74) is -0.912. The van der Waals surface area contributed by atoms with Crippen LogP contribution in [0.1, 0.15) is 79.3 Å². The second-order valence-electron chi connectivity index (χ2n) is 8.85. The molecule has 27 heavy (non-hydrogen) atoms. The van der Waals surface area contributed by atoms with E-state index in [0.29, 0.717) is 36.9 Å². The van der Waals surface area contributed by atoms with Crippen LogP contribution >= 0.6 is 0 Å². The first-order valence-electron chi connectivity index (χ1n) is 9.37. The van der Waals surface area contributed by atoms with Gasteiger partial charge >= 0.3 is 5.97 Å². The zero-order valence-electron chi connectivity index (χ0n) is 16.0. The van der Waals surface area contributed by atoms with Crippen LogP contribution in [0.15, 0.2) is 10.9 Å². The van der Waals surface area contributed by atoms with Gasteiger partial charge in [0.1, 0.15) is 5.56 Å². The van der Waals surface area contributed by atoms with Crippen LogP contribution in [0.2, 0.25) is 0 Å². The molecule has 0 spiro atoms. The number of ketones is 1. The summed E-state index contributed by atoms with van der Waals surface area (Å²) >= 11 is 0. The van der Waals surface area contributed by atoms with E-state index in [9.17, 15) is 24.3 Å². The number of amides is 1. The SMILES string of the molecule is CC1(C)CC(=O)c2cc(C(=O)NC3(C)CCCCC3C(=O)O)c(=O)[nH]c2C1. The molecule has 1 aromatic heterocycles. The van der Waals surface area contributed by atoms with Crippen molar-refractivity contribution in [2.24, 2.45) is 11.3 Å². The Labute approximate surface area is 157 Å². The second kappa shape index (κ2) is 6.62. The molecule has 0 bridgehead atoms. The van der Waals surface area contributed by atoms with Crippen molar-refractivity contribution in [3.05, 3.63) is 33.2 Å². The number of carbonyl (C=O) groups excluding carboxylic acids is 2. The topological polar surface area (TPSA) is 116 Å². The maximum atomic E-state index is 12.8. The third-order valence-corrected chi connectivity index (χ3v) is 5.87. The maximum absolute atomic E-state index is 12.8. The van der Waals surface area contributed by atoms with Crippen LogP contribution in [-0.4, -0.2) is 33.3 Å². The fraction of sp³-hybridized carbons (Fsp3) is 0.600. The molecule has 1 aromatic rings. The van der Waals surface area contributed by atoms with Crippen LogP contribution in [0.4, 0.5) is 0 Å². The van der Waals surface area contributed by atoms with Crippen LogP contribution < -0.4 is 10.9 Å². The Morgan fingerprint density at radius 1 is 1.19 bits per heavy atom. The number of nitrogens with one attached hydrogen (secondary N) is 2. The third-order valence-electron chi connectivity index (χ3n) is 5.87. The largest absolute Gasteiger partial charge is 0.481 e. The summed E-state index contributed by atoms with van der Waals surface area (Å²) in [5.74, 6) is -2.38. The van der Waals surface area contributed by atoms with E-state index in [4.69, 9.17) is 0 Å². The molecule has 1 heterocycles. The summed E-state index contributed by atoms with van der Waals surface area (Å²) in [6, 6.07) is 1.36. The summed E-state index contributed by atoms with van der Waals surface area (Å²) in [4.78, 5) is 52.0. The number of carbonyl (C=O) groups is 3. The summed E-state index contributed by atoms with van der Waals surface area (Å²) < 4.78 is 0. The minimum absolute atomic E-state index is 0.0983. The average molecular weight is 374 g/mol. The minimum atomic E-state index is -0.950. The van der Waals surface area contributed by atoms with Crippen molar-refractivity contribution in [2.75, 3.05) is 0 Å². The average Bonchev–Trinajstić information content (AvgIpc) is 2.52. The fourth-order valence-corrected chi connectivity index (χ4v) is 4.40. The van der Waals surface area contributed by atoms with Crippen molar-refractivity contribution >= 4 is 17.7 Å². The minimum Gasteiger partial charge on any atom is -0.481 e. The Morgan fingerprint density at radius 2 is 1.89 bits per heavy atom. The second-order valence-corrected chi connectivity index (χ2v) is 8.85. The number of H-pyrrole nitrogens is 1. The molecule has 146 valence electrons. The zero-order valence-corrected chi connectivity index (χ0v) is 16.0. The third kappa shape index (κ3) is 3.68. The number of fused-ring (bicyclic) bond motifs is 1. The molecule has 2 aliphatic rings. The lowest BCUT2D eigenvalue weighted by Crippen LogP contribution is -2.56. The van der Waals surface area contributed by atoms with Gasteiger partial charge < -0.3 is 15.4 Å². The molecule has 7 nitrogen and oxygen atoms in total. The van der Waals surface area contributed by atoms with Gasteiger partial charge in [0.15, 0.2) is 5.78 Å². The molecular formula is C20H26N2O5. The van der Waals surface area contributed by atoms with Gasteiger partial charge in [-0.05, 0) is 37.7 Å². The first kappa shape index (κ1) is 19.3. The molecule has 0 aromatic carbocycles. The zero-order chi connectivity index (χ0) is 20.0. The predicted molar refractivity (Wildman–Crippen MR) is 99.0 cm³/mol. The number of carboxylic acid groups (broad SMARTS) is 1. The number of Topliss-reactive ketones (excluding diaryl/α,β-unsaturated/α-hetero) is 1. The highest BCUT2D eigenvalue weighted by atomic mass is 16.4. The van der Waals surface area contributed by atoms with Gasteiger partial charge in [-0.3, -0.25) is 19.2 Å². The van der Waals surface area contributed by atoms with Crippen LogP contribution in [-0.2, 0) is 11.2 Å². The Hall–Kier alpha value is -2.44. The van der Waals surface area contributed by atoms with Gasteiger partial charge in [0.2, 0.25) is 0 Å². The Balaban J connectivity index is 1.92. The monoisotopic (exact) mass is 374 g/mol. The number of hydrogen-bond donors (Lipinski definition) is 3. The van der Waals surface area contributed by atoms with Crippen molar-refractivity contribution < 1.29 is 19.5 Å². The van der Waals surface area contributed by atoms with Crippen molar-refractivity contribution in [1.29, 1.82) is 0 Å². The van der Waals surface area contributed by atoms with Crippen LogP contribution in [0.5, 0.6) is 0 Å². The molecule has 1 saturated carbocycles. The number of aliphatic carboxylic acids is 1. The Morgan fingerprint density at radius 3 is 2.56 bits per heavy atom. The number of rotatable bonds is 3. The molecule has 1 fully saturated rings. The standard InChI is InChI=1S/C20H26N2O5/c1-19(2)9-14-11(15(23)10-19)8-12(16(24)21-14)17(25)22-20(3)7-5-4-6-13(20)18(26)27/h8,13H,4-7,9-10H2,1-3H3,(H,21,24)(H,22,25)(H,26,27). The number of pyridine rings is 1. The van der Waals surface area contributed by atoms with E-state index in [-0.39, 0.29) is 16.8 Å². The first-order chi connectivity index (χ1) is 12.5. The first-order valence-corrected chi connectivity index (χ1v) is 9.37. The molecular weight excluding hydrogens is 348 g/mol. The van der Waals surface area contributed by atoms with Gasteiger partial charge in [-0.25, -0.2) is 0 Å². The van der Waals surface area contributed by atoms with Gasteiger partial charge in [-0.15, -0.1) is 0 Å². The smallest absolute Gasteiger partial charge is 0.308 e. The predicted octanol–water partition coefficient (Wildman–Crippen LogP) is 2.29. The van der Waals surface area contributed by atoms with E-state index in [0.717, 1.165) is 12.8 Å². The van der Waals surface area contributed by atoms with Gasteiger partial charge in [0.05, 0.1) is 11.5 Å². The Bertz CT molecular complexity index is 870. The van der Waals surface area contributed by atoms with E-state index in [1.54, 1.807) is 6.92 Å². The lowest BCUT2D eigenvalue weighted by atomic mass is 9.73. The lowest BCUT2D eigenvalue weighted by Gasteiger charge is -2.39. The van der Waals surface area contributed by atoms with Gasteiger partial charge in [-0.2, -0.15) is 0 Å². The number of carboxylic acids is 1. The van der Waals surface area contributed by atoms with Crippen molar-refractivity contribution in [2.45, 2.75) is 64.8 Å². The molecule has 3 rings (SSSR count).